The third-order valence-electron chi connectivity index (χ3n) is 6.30. The van der Waals surface area contributed by atoms with Crippen molar-refractivity contribution in [1.29, 1.82) is 0 Å². The molecule has 6 nitrogen and oxygen atoms in total. The molecule has 3 aromatic carbocycles. The van der Waals surface area contributed by atoms with Crippen molar-refractivity contribution in [3.8, 4) is 0 Å². The van der Waals surface area contributed by atoms with Crippen LogP contribution in [-0.4, -0.2) is 49.7 Å². The third-order valence-corrected chi connectivity index (χ3v) is 8.21. The highest BCUT2D eigenvalue weighted by molar-refractivity contribution is 7.89. The van der Waals surface area contributed by atoms with Gasteiger partial charge in [0.1, 0.15) is 11.9 Å². The minimum Gasteiger partial charge on any atom is -0.324 e. The van der Waals surface area contributed by atoms with Gasteiger partial charge in [-0.25, -0.2) is 12.8 Å². The van der Waals surface area contributed by atoms with Crippen molar-refractivity contribution >= 4 is 21.6 Å². The zero-order chi connectivity index (χ0) is 25.0. The summed E-state index contributed by atoms with van der Waals surface area (Å²) in [4.78, 5) is 15.6. The summed E-state index contributed by atoms with van der Waals surface area (Å²) < 4.78 is 41.2. The number of rotatable bonds is 7. The molecule has 184 valence electrons. The quantitative estimate of drug-likeness (QED) is 0.519. The Morgan fingerprint density at radius 2 is 1.43 bits per heavy atom. The van der Waals surface area contributed by atoms with Crippen LogP contribution < -0.4 is 5.32 Å². The van der Waals surface area contributed by atoms with Gasteiger partial charge in [0.2, 0.25) is 15.9 Å². The molecule has 1 heterocycles. The number of hydrogen-bond acceptors (Lipinski definition) is 4. The van der Waals surface area contributed by atoms with Crippen LogP contribution in [-0.2, 0) is 14.8 Å². The maximum Gasteiger partial charge on any atom is 0.246 e. The Hall–Kier alpha value is -3.07. The van der Waals surface area contributed by atoms with E-state index in [0.29, 0.717) is 24.7 Å². The van der Waals surface area contributed by atoms with Crippen molar-refractivity contribution in [1.82, 2.24) is 9.21 Å². The van der Waals surface area contributed by atoms with E-state index in [1.807, 2.05) is 47.4 Å². The average Bonchev–Trinajstić information content (AvgIpc) is 2.86. The zero-order valence-corrected chi connectivity index (χ0v) is 20.7. The summed E-state index contributed by atoms with van der Waals surface area (Å²) >= 11 is 0. The molecule has 0 radical (unpaired) electrons. The molecule has 1 amide bonds. The lowest BCUT2D eigenvalue weighted by Crippen LogP contribution is -2.51. The summed E-state index contributed by atoms with van der Waals surface area (Å²) in [7, 11) is -3.62. The number of benzene rings is 3. The number of anilines is 1. The number of sulfonamides is 1. The normalized spacial score (nSPS) is 16.2. The van der Waals surface area contributed by atoms with Gasteiger partial charge in [-0.15, -0.1) is 0 Å². The van der Waals surface area contributed by atoms with Gasteiger partial charge >= 0.3 is 0 Å². The van der Waals surface area contributed by atoms with E-state index in [1.54, 1.807) is 12.1 Å². The largest absolute Gasteiger partial charge is 0.324 e. The standard InChI is InChI=1S/C27H30FN3O3S/c1-20(2)21-8-14-25(15-9-21)35(33,34)31-18-16-30(17-19-31)26(22-6-4-3-5-7-22)27(32)29-24-12-10-23(28)11-13-24/h3-15,20,26H,16-19H2,1-2H3,(H,29,32)/t26-/m0/s1. The summed E-state index contributed by atoms with van der Waals surface area (Å²) in [6.45, 7) is 5.50. The van der Waals surface area contributed by atoms with Gasteiger partial charge in [-0.3, -0.25) is 9.69 Å². The summed E-state index contributed by atoms with van der Waals surface area (Å²) in [6.07, 6.45) is 0. The van der Waals surface area contributed by atoms with Gasteiger partial charge in [0.15, 0.2) is 0 Å². The minimum absolute atomic E-state index is 0.247. The van der Waals surface area contributed by atoms with Crippen molar-refractivity contribution < 1.29 is 17.6 Å². The highest BCUT2D eigenvalue weighted by Gasteiger charge is 2.34. The maximum absolute atomic E-state index is 13.3. The fourth-order valence-corrected chi connectivity index (χ4v) is 5.71. The second kappa shape index (κ2) is 10.7. The topological polar surface area (TPSA) is 69.7 Å². The van der Waals surface area contributed by atoms with E-state index in [0.717, 1.165) is 11.1 Å². The predicted molar refractivity (Wildman–Crippen MR) is 135 cm³/mol. The van der Waals surface area contributed by atoms with E-state index >= 15 is 0 Å². The van der Waals surface area contributed by atoms with Crippen LogP contribution in [0.1, 0.15) is 36.9 Å². The van der Waals surface area contributed by atoms with Gasteiger partial charge in [-0.2, -0.15) is 4.31 Å². The van der Waals surface area contributed by atoms with Crippen LogP contribution in [0.4, 0.5) is 10.1 Å². The molecule has 0 bridgehead atoms. The van der Waals surface area contributed by atoms with E-state index < -0.39 is 16.1 Å². The van der Waals surface area contributed by atoms with Gasteiger partial charge in [0.25, 0.3) is 0 Å². The number of carbonyl (C=O) groups excluding carboxylic acids is 1. The van der Waals surface area contributed by atoms with Crippen molar-refractivity contribution in [2.45, 2.75) is 30.7 Å². The van der Waals surface area contributed by atoms with Crippen LogP contribution in [0.15, 0.2) is 83.8 Å². The van der Waals surface area contributed by atoms with Gasteiger partial charge in [0.05, 0.1) is 4.90 Å². The van der Waals surface area contributed by atoms with E-state index in [2.05, 4.69) is 19.2 Å². The van der Waals surface area contributed by atoms with Gasteiger partial charge in [-0.1, -0.05) is 56.3 Å². The molecule has 35 heavy (non-hydrogen) atoms. The van der Waals surface area contributed by atoms with Crippen LogP contribution in [0.5, 0.6) is 0 Å². The number of carbonyl (C=O) groups is 1. The predicted octanol–water partition coefficient (Wildman–Crippen LogP) is 4.64. The van der Waals surface area contributed by atoms with Gasteiger partial charge in [-0.05, 0) is 53.4 Å². The highest BCUT2D eigenvalue weighted by Crippen LogP contribution is 2.27. The fraction of sp³-hybridized carbons (Fsp3) is 0.296. The first-order chi connectivity index (χ1) is 16.8. The van der Waals surface area contributed by atoms with E-state index in [-0.39, 0.29) is 29.7 Å². The Morgan fingerprint density at radius 1 is 0.829 bits per heavy atom. The second-order valence-corrected chi connectivity index (χ2v) is 10.9. The molecule has 1 fully saturated rings. The fourth-order valence-electron chi connectivity index (χ4n) is 4.28. The lowest BCUT2D eigenvalue weighted by Gasteiger charge is -2.38. The molecule has 8 heteroatoms. The lowest BCUT2D eigenvalue weighted by atomic mass is 10.0. The lowest BCUT2D eigenvalue weighted by molar-refractivity contribution is -0.122. The van der Waals surface area contributed by atoms with Gasteiger partial charge in [0, 0.05) is 31.9 Å². The number of nitrogens with one attached hydrogen (secondary N) is 1. The molecule has 0 unspecified atom stereocenters. The molecular weight excluding hydrogens is 465 g/mol. The van der Waals surface area contributed by atoms with Crippen molar-refractivity contribution in [2.24, 2.45) is 0 Å². The first-order valence-electron chi connectivity index (χ1n) is 11.7. The van der Waals surface area contributed by atoms with Crippen molar-refractivity contribution in [3.05, 3.63) is 95.8 Å². The van der Waals surface area contributed by atoms with E-state index in [4.69, 9.17) is 0 Å². The molecule has 0 saturated carbocycles. The zero-order valence-electron chi connectivity index (χ0n) is 19.9. The molecule has 1 saturated heterocycles. The molecule has 0 aromatic heterocycles. The first-order valence-corrected chi connectivity index (χ1v) is 13.2. The second-order valence-electron chi connectivity index (χ2n) is 8.97. The Balaban J connectivity index is 1.50. The molecule has 0 spiro atoms. The average molecular weight is 496 g/mol. The minimum atomic E-state index is -3.62. The van der Waals surface area contributed by atoms with Crippen LogP contribution in [0.25, 0.3) is 0 Å². The van der Waals surface area contributed by atoms with E-state index in [1.165, 1.54) is 28.6 Å². The number of nitrogens with zero attached hydrogens (tertiary/aromatic N) is 2. The Morgan fingerprint density at radius 3 is 2.00 bits per heavy atom. The number of hydrogen-bond donors (Lipinski definition) is 1. The molecule has 0 aliphatic carbocycles. The van der Waals surface area contributed by atoms with Crippen LogP contribution >= 0.6 is 0 Å². The Bertz CT molecular complexity index is 1240. The first kappa shape index (κ1) is 25.0. The Kier molecular flexibility index (Phi) is 7.64. The molecular formula is C27H30FN3O3S. The SMILES string of the molecule is CC(C)c1ccc(S(=O)(=O)N2CCN([C@H](C(=O)Nc3ccc(F)cc3)c3ccccc3)CC2)cc1. The number of amides is 1. The van der Waals surface area contributed by atoms with E-state index in [9.17, 15) is 17.6 Å². The Labute approximate surface area is 206 Å². The molecule has 1 aliphatic rings. The summed E-state index contributed by atoms with van der Waals surface area (Å²) in [5.74, 6) is -0.298. The molecule has 4 rings (SSSR count). The summed E-state index contributed by atoms with van der Waals surface area (Å²) in [5.41, 5.74) is 2.41. The maximum atomic E-state index is 13.3. The van der Waals surface area contributed by atoms with Gasteiger partial charge < -0.3 is 5.32 Å². The number of halogens is 1. The molecule has 1 N–H and O–H groups in total. The molecule has 1 aliphatic heterocycles. The third kappa shape index (κ3) is 5.78. The molecule has 1 atom stereocenters. The monoisotopic (exact) mass is 495 g/mol. The molecule has 3 aromatic rings. The number of piperazine rings is 1. The summed E-state index contributed by atoms with van der Waals surface area (Å²) in [6, 6.07) is 21.5. The van der Waals surface area contributed by atoms with Crippen LogP contribution in [0, 0.1) is 5.82 Å². The van der Waals surface area contributed by atoms with Crippen LogP contribution in [0.3, 0.4) is 0 Å². The van der Waals surface area contributed by atoms with Crippen molar-refractivity contribution in [3.63, 3.8) is 0 Å². The van der Waals surface area contributed by atoms with Crippen molar-refractivity contribution in [2.75, 3.05) is 31.5 Å². The summed E-state index contributed by atoms with van der Waals surface area (Å²) in [5, 5.41) is 2.87. The highest BCUT2D eigenvalue weighted by atomic mass is 32.2. The smallest absolute Gasteiger partial charge is 0.246 e. The van der Waals surface area contributed by atoms with Crippen LogP contribution in [0.2, 0.25) is 0 Å².